The van der Waals surface area contributed by atoms with E-state index in [4.69, 9.17) is 11.6 Å². The van der Waals surface area contributed by atoms with E-state index in [1.807, 2.05) is 24.3 Å². The molecular formula is C14H20ClNOS. The quantitative estimate of drug-likeness (QED) is 0.606. The van der Waals surface area contributed by atoms with Crippen molar-refractivity contribution in [2.45, 2.75) is 31.6 Å². The van der Waals surface area contributed by atoms with Gasteiger partial charge < -0.3 is 5.32 Å². The highest BCUT2D eigenvalue weighted by molar-refractivity contribution is 7.99. The molecule has 4 heteroatoms. The molecule has 0 aliphatic carbocycles. The van der Waals surface area contributed by atoms with E-state index < -0.39 is 0 Å². The Balaban J connectivity index is 2.22. The Morgan fingerprint density at radius 2 is 1.89 bits per heavy atom. The normalized spacial score (nSPS) is 10.7. The first kappa shape index (κ1) is 15.4. The molecule has 0 heterocycles. The van der Waals surface area contributed by atoms with Crippen LogP contribution >= 0.6 is 23.4 Å². The van der Waals surface area contributed by atoms with Crippen molar-refractivity contribution in [2.24, 2.45) is 5.92 Å². The van der Waals surface area contributed by atoms with Crippen molar-refractivity contribution in [1.82, 2.24) is 5.32 Å². The third kappa shape index (κ3) is 5.32. The number of amides is 1. The van der Waals surface area contributed by atoms with Gasteiger partial charge in [0.05, 0.1) is 0 Å². The molecule has 1 rings (SSSR count). The highest BCUT2D eigenvalue weighted by atomic mass is 35.5. The minimum Gasteiger partial charge on any atom is -0.355 e. The second-order valence-corrected chi connectivity index (χ2v) is 5.71. The molecule has 1 amide bonds. The summed E-state index contributed by atoms with van der Waals surface area (Å²) in [5.74, 6) is 1.22. The lowest BCUT2D eigenvalue weighted by atomic mass is 10.0. The van der Waals surface area contributed by atoms with Crippen LogP contribution in [0.4, 0.5) is 0 Å². The van der Waals surface area contributed by atoms with E-state index in [9.17, 15) is 4.79 Å². The molecule has 1 N–H and O–H groups in total. The fraction of sp³-hybridized carbons (Fsp3) is 0.500. The molecule has 0 atom stereocenters. The van der Waals surface area contributed by atoms with Crippen LogP contribution in [0.3, 0.4) is 0 Å². The molecule has 0 bridgehead atoms. The van der Waals surface area contributed by atoms with Gasteiger partial charge in [0.1, 0.15) is 0 Å². The Morgan fingerprint density at radius 3 is 2.44 bits per heavy atom. The second-order valence-electron chi connectivity index (χ2n) is 4.11. The van der Waals surface area contributed by atoms with E-state index in [1.165, 1.54) is 4.90 Å². The minimum absolute atomic E-state index is 0.158. The number of thioether (sulfide) groups is 1. The Kier molecular flexibility index (Phi) is 7.21. The van der Waals surface area contributed by atoms with Gasteiger partial charge in [-0.2, -0.15) is 0 Å². The maximum atomic E-state index is 11.7. The average Bonchev–Trinajstić information content (AvgIpc) is 2.38. The van der Waals surface area contributed by atoms with E-state index in [-0.39, 0.29) is 11.8 Å². The lowest BCUT2D eigenvalue weighted by Crippen LogP contribution is -2.31. The van der Waals surface area contributed by atoms with E-state index in [1.54, 1.807) is 11.8 Å². The Bertz CT molecular complexity index is 363. The maximum absolute atomic E-state index is 11.7. The van der Waals surface area contributed by atoms with E-state index in [2.05, 4.69) is 19.2 Å². The number of rotatable bonds is 7. The zero-order valence-electron chi connectivity index (χ0n) is 10.9. The van der Waals surface area contributed by atoms with Gasteiger partial charge in [-0.3, -0.25) is 4.79 Å². The van der Waals surface area contributed by atoms with Crippen molar-refractivity contribution in [1.29, 1.82) is 0 Å². The third-order valence-electron chi connectivity index (χ3n) is 2.84. The van der Waals surface area contributed by atoms with Crippen molar-refractivity contribution in [3.63, 3.8) is 0 Å². The van der Waals surface area contributed by atoms with Crippen molar-refractivity contribution < 1.29 is 4.79 Å². The third-order valence-corrected chi connectivity index (χ3v) is 4.11. The summed E-state index contributed by atoms with van der Waals surface area (Å²) in [4.78, 5) is 12.9. The summed E-state index contributed by atoms with van der Waals surface area (Å²) in [6.07, 6.45) is 1.82. The summed E-state index contributed by atoms with van der Waals surface area (Å²) < 4.78 is 0. The fourth-order valence-electron chi connectivity index (χ4n) is 1.68. The Labute approximate surface area is 118 Å². The van der Waals surface area contributed by atoms with Gasteiger partial charge >= 0.3 is 0 Å². The molecule has 18 heavy (non-hydrogen) atoms. The maximum Gasteiger partial charge on any atom is 0.223 e. The molecule has 0 aliphatic heterocycles. The molecule has 100 valence electrons. The SMILES string of the molecule is CCC(CC)C(=O)NCCSc1ccc(Cl)cc1. The molecule has 0 fully saturated rings. The lowest BCUT2D eigenvalue weighted by molar-refractivity contribution is -0.125. The molecule has 0 aliphatic rings. The summed E-state index contributed by atoms with van der Waals surface area (Å²) in [5, 5.41) is 3.73. The summed E-state index contributed by atoms with van der Waals surface area (Å²) in [5.41, 5.74) is 0. The number of carbonyl (C=O) groups is 1. The van der Waals surface area contributed by atoms with Gasteiger partial charge in [0.25, 0.3) is 0 Å². The highest BCUT2D eigenvalue weighted by Gasteiger charge is 2.12. The fourth-order valence-corrected chi connectivity index (χ4v) is 2.57. The van der Waals surface area contributed by atoms with Gasteiger partial charge in [0.2, 0.25) is 5.91 Å². The second kappa shape index (κ2) is 8.44. The predicted molar refractivity (Wildman–Crippen MR) is 79.3 cm³/mol. The van der Waals surface area contributed by atoms with Crippen molar-refractivity contribution in [3.8, 4) is 0 Å². The van der Waals surface area contributed by atoms with Crippen LogP contribution < -0.4 is 5.32 Å². The molecule has 0 unspecified atom stereocenters. The minimum atomic E-state index is 0.158. The van der Waals surface area contributed by atoms with Crippen LogP contribution in [0.2, 0.25) is 5.02 Å². The lowest BCUT2D eigenvalue weighted by Gasteiger charge is -2.12. The summed E-state index contributed by atoms with van der Waals surface area (Å²) in [6, 6.07) is 7.75. The molecule has 0 saturated heterocycles. The van der Waals surface area contributed by atoms with Crippen LogP contribution in [0.1, 0.15) is 26.7 Å². The van der Waals surface area contributed by atoms with Crippen molar-refractivity contribution in [2.75, 3.05) is 12.3 Å². The van der Waals surface area contributed by atoms with Crippen LogP contribution in [-0.2, 0) is 4.79 Å². The number of hydrogen-bond donors (Lipinski definition) is 1. The molecule has 2 nitrogen and oxygen atoms in total. The van der Waals surface area contributed by atoms with Gasteiger partial charge in [-0.25, -0.2) is 0 Å². The van der Waals surface area contributed by atoms with E-state index >= 15 is 0 Å². The molecule has 0 aromatic heterocycles. The van der Waals surface area contributed by atoms with Gasteiger partial charge in [0.15, 0.2) is 0 Å². The number of nitrogens with one attached hydrogen (secondary N) is 1. The average molecular weight is 286 g/mol. The molecule has 1 aromatic carbocycles. The summed E-state index contributed by atoms with van der Waals surface area (Å²) in [6.45, 7) is 4.81. The topological polar surface area (TPSA) is 29.1 Å². The zero-order valence-corrected chi connectivity index (χ0v) is 12.5. The molecule has 0 spiro atoms. The van der Waals surface area contributed by atoms with Crippen molar-refractivity contribution in [3.05, 3.63) is 29.3 Å². The molecule has 1 aromatic rings. The highest BCUT2D eigenvalue weighted by Crippen LogP contribution is 2.19. The van der Waals surface area contributed by atoms with Crippen LogP contribution in [0.25, 0.3) is 0 Å². The van der Waals surface area contributed by atoms with Crippen molar-refractivity contribution >= 4 is 29.3 Å². The van der Waals surface area contributed by atoms with Crippen LogP contribution in [0.15, 0.2) is 29.2 Å². The van der Waals surface area contributed by atoms with E-state index in [0.717, 1.165) is 23.6 Å². The van der Waals surface area contributed by atoms with Gasteiger partial charge in [-0.1, -0.05) is 25.4 Å². The smallest absolute Gasteiger partial charge is 0.223 e. The summed E-state index contributed by atoms with van der Waals surface area (Å²) >= 11 is 7.54. The van der Waals surface area contributed by atoms with Gasteiger partial charge in [0, 0.05) is 28.1 Å². The van der Waals surface area contributed by atoms with Crippen LogP contribution in [-0.4, -0.2) is 18.2 Å². The number of hydrogen-bond acceptors (Lipinski definition) is 2. The Hall–Kier alpha value is -0.670. The standard InChI is InChI=1S/C14H20ClNOS/c1-3-11(4-2)14(17)16-9-10-18-13-7-5-12(15)6-8-13/h5-8,11H,3-4,9-10H2,1-2H3,(H,16,17). The van der Waals surface area contributed by atoms with Crippen LogP contribution in [0, 0.1) is 5.92 Å². The van der Waals surface area contributed by atoms with Gasteiger partial charge in [-0.05, 0) is 37.1 Å². The number of halogens is 1. The monoisotopic (exact) mass is 285 g/mol. The first-order valence-electron chi connectivity index (χ1n) is 6.33. The first-order valence-corrected chi connectivity index (χ1v) is 7.69. The zero-order chi connectivity index (χ0) is 13.4. The van der Waals surface area contributed by atoms with Crippen LogP contribution in [0.5, 0.6) is 0 Å². The first-order chi connectivity index (χ1) is 8.67. The van der Waals surface area contributed by atoms with E-state index in [0.29, 0.717) is 6.54 Å². The number of carbonyl (C=O) groups excluding carboxylic acids is 1. The summed E-state index contributed by atoms with van der Waals surface area (Å²) in [7, 11) is 0. The molecule has 0 radical (unpaired) electrons. The predicted octanol–water partition coefficient (Wildman–Crippen LogP) is 3.98. The Morgan fingerprint density at radius 1 is 1.28 bits per heavy atom. The number of benzene rings is 1. The van der Waals surface area contributed by atoms with Gasteiger partial charge in [-0.15, -0.1) is 11.8 Å². The molecule has 0 saturated carbocycles. The molecular weight excluding hydrogens is 266 g/mol. The largest absolute Gasteiger partial charge is 0.355 e.